The Morgan fingerprint density at radius 3 is 2.83 bits per heavy atom. The first-order valence-electron chi connectivity index (χ1n) is 1.57. The first-order valence-corrected chi connectivity index (χ1v) is 1.57. The van der Waals surface area contributed by atoms with Gasteiger partial charge < -0.3 is 10.1 Å². The van der Waals surface area contributed by atoms with Gasteiger partial charge in [-0.3, -0.25) is 0 Å². The molecule has 32 valence electrons. The Bertz CT molecular complexity index is 112. The van der Waals surface area contributed by atoms with Crippen LogP contribution in [0.1, 0.15) is 0 Å². The van der Waals surface area contributed by atoms with Crippen LogP contribution in [0.25, 0.3) is 0 Å². The molecule has 0 saturated carbocycles. The molecule has 0 fully saturated rings. The number of hydrogen-bond acceptors (Lipinski definition) is 2. The molecule has 0 aliphatic heterocycles. The number of hydrogen-bond donors (Lipinski definition) is 2. The van der Waals surface area contributed by atoms with E-state index in [1.807, 2.05) is 0 Å². The molecule has 0 amide bonds. The quantitative estimate of drug-likeness (QED) is 0.469. The fourth-order valence-corrected chi connectivity index (χ4v) is 0.252. The summed E-state index contributed by atoms with van der Waals surface area (Å²) in [6.07, 6.45) is 2.81. The van der Waals surface area contributed by atoms with Gasteiger partial charge in [-0.1, -0.05) is 0 Å². The summed E-state index contributed by atoms with van der Waals surface area (Å²) in [5.74, 6) is 0.0370. The van der Waals surface area contributed by atoms with Gasteiger partial charge in [-0.2, -0.15) is 0 Å². The first kappa shape index (κ1) is 3.21. The minimum Gasteiger partial charge on any atom is -0.492 e. The topological polar surface area (TPSA) is 48.9 Å². The van der Waals surface area contributed by atoms with Crippen molar-refractivity contribution in [3.05, 3.63) is 12.5 Å². The third-order valence-corrected chi connectivity index (χ3v) is 0.484. The van der Waals surface area contributed by atoms with E-state index in [4.69, 9.17) is 5.11 Å². The molecule has 1 rings (SSSR count). The molecule has 1 aromatic rings. The summed E-state index contributed by atoms with van der Waals surface area (Å²) in [6.45, 7) is 0. The summed E-state index contributed by atoms with van der Waals surface area (Å²) in [5, 5.41) is 8.33. The lowest BCUT2D eigenvalue weighted by atomic mass is 10.9. The second-order valence-electron chi connectivity index (χ2n) is 0.927. The average molecular weight is 84.1 g/mol. The zero-order chi connectivity index (χ0) is 4.41. The number of aromatic amines is 1. The molecule has 0 aliphatic rings. The second-order valence-corrected chi connectivity index (χ2v) is 0.927. The third kappa shape index (κ3) is 0.337. The molecule has 6 heavy (non-hydrogen) atoms. The maximum absolute atomic E-state index is 8.33. The van der Waals surface area contributed by atoms with Crippen LogP contribution in [0, 0.1) is 0 Å². The molecule has 0 unspecified atom stereocenters. The van der Waals surface area contributed by atoms with Crippen molar-refractivity contribution in [2.75, 3.05) is 0 Å². The Hall–Kier alpha value is -0.990. The van der Waals surface area contributed by atoms with Gasteiger partial charge in [0.05, 0.1) is 12.5 Å². The Balaban J connectivity index is 3.05. The maximum Gasteiger partial charge on any atom is 0.228 e. The number of nitrogens with one attached hydrogen (secondary N) is 1. The molecule has 0 aromatic carbocycles. The van der Waals surface area contributed by atoms with Crippen LogP contribution >= 0.6 is 0 Å². The van der Waals surface area contributed by atoms with E-state index in [-0.39, 0.29) is 5.88 Å². The Morgan fingerprint density at radius 1 is 1.83 bits per heavy atom. The van der Waals surface area contributed by atoms with Gasteiger partial charge in [-0.25, -0.2) is 4.98 Å². The number of imidazole rings is 1. The molecule has 0 saturated heterocycles. The van der Waals surface area contributed by atoms with Crippen LogP contribution in [0.2, 0.25) is 0 Å². The number of aromatic nitrogens is 2. The molecule has 0 bridgehead atoms. The highest BCUT2D eigenvalue weighted by Crippen LogP contribution is 1.93. The van der Waals surface area contributed by atoms with Crippen molar-refractivity contribution in [2.45, 2.75) is 0 Å². The van der Waals surface area contributed by atoms with Crippen LogP contribution in [0.15, 0.2) is 12.5 Å². The van der Waals surface area contributed by atoms with Gasteiger partial charge in [0, 0.05) is 0 Å². The Labute approximate surface area is 34.7 Å². The minimum atomic E-state index is 0.0370. The van der Waals surface area contributed by atoms with Crippen molar-refractivity contribution in [1.29, 1.82) is 0 Å². The van der Waals surface area contributed by atoms with Gasteiger partial charge in [0.25, 0.3) is 0 Å². The molecule has 1 heterocycles. The molecule has 0 aliphatic carbocycles. The highest BCUT2D eigenvalue weighted by Gasteiger charge is 1.77. The average Bonchev–Trinajstić information content (AvgIpc) is 1.86. The van der Waals surface area contributed by atoms with E-state index in [2.05, 4.69) is 9.97 Å². The van der Waals surface area contributed by atoms with Gasteiger partial charge in [0.2, 0.25) is 5.88 Å². The zero-order valence-corrected chi connectivity index (χ0v) is 3.05. The summed E-state index contributed by atoms with van der Waals surface area (Å²) in [7, 11) is 0. The standard InChI is InChI=1S/C3H4N2O/c6-3-1-4-2-5-3/h1-2,6H,(H,4,5). The van der Waals surface area contributed by atoms with Gasteiger partial charge in [0.1, 0.15) is 0 Å². The number of aromatic hydroxyl groups is 1. The van der Waals surface area contributed by atoms with Crippen molar-refractivity contribution in [3.63, 3.8) is 0 Å². The summed E-state index contributed by atoms with van der Waals surface area (Å²) < 4.78 is 0. The van der Waals surface area contributed by atoms with Crippen LogP contribution in [0.3, 0.4) is 0 Å². The second kappa shape index (κ2) is 1.01. The van der Waals surface area contributed by atoms with Crippen LogP contribution < -0.4 is 0 Å². The minimum absolute atomic E-state index is 0.0370. The molecular weight excluding hydrogens is 80.0 g/mol. The molecule has 0 radical (unpaired) electrons. The van der Waals surface area contributed by atoms with Crippen LogP contribution in [0.5, 0.6) is 5.88 Å². The van der Waals surface area contributed by atoms with Crippen molar-refractivity contribution in [1.82, 2.24) is 9.97 Å². The Kier molecular flexibility index (Phi) is 0.538. The van der Waals surface area contributed by atoms with E-state index >= 15 is 0 Å². The first-order chi connectivity index (χ1) is 2.89. The summed E-state index contributed by atoms with van der Waals surface area (Å²) in [6, 6.07) is 0. The SMILES string of the molecule is Oc1c[nH]cn1. The van der Waals surface area contributed by atoms with Crippen LogP contribution in [-0.4, -0.2) is 15.1 Å². The highest BCUT2D eigenvalue weighted by atomic mass is 16.3. The predicted octanol–water partition coefficient (Wildman–Crippen LogP) is 0.115. The highest BCUT2D eigenvalue weighted by molar-refractivity contribution is 4.96. The van der Waals surface area contributed by atoms with Crippen LogP contribution in [0.4, 0.5) is 0 Å². The lowest BCUT2D eigenvalue weighted by Gasteiger charge is -1.66. The molecule has 2 N–H and O–H groups in total. The third-order valence-electron chi connectivity index (χ3n) is 0.484. The monoisotopic (exact) mass is 84.0 g/mol. The fraction of sp³-hybridized carbons (Fsp3) is 0. The number of rotatable bonds is 0. The molecule has 0 spiro atoms. The lowest BCUT2D eigenvalue weighted by molar-refractivity contribution is 0.456. The summed E-state index contributed by atoms with van der Waals surface area (Å²) in [4.78, 5) is 5.98. The van der Waals surface area contributed by atoms with Crippen LogP contribution in [-0.2, 0) is 0 Å². The molecule has 3 heteroatoms. The number of H-pyrrole nitrogens is 1. The largest absolute Gasteiger partial charge is 0.492 e. The lowest BCUT2D eigenvalue weighted by Crippen LogP contribution is -1.51. The van der Waals surface area contributed by atoms with E-state index in [0.29, 0.717) is 0 Å². The van der Waals surface area contributed by atoms with Crippen molar-refractivity contribution in [2.24, 2.45) is 0 Å². The zero-order valence-electron chi connectivity index (χ0n) is 3.05. The molecule has 0 atom stereocenters. The summed E-state index contributed by atoms with van der Waals surface area (Å²) in [5.41, 5.74) is 0. The molecule has 1 aromatic heterocycles. The van der Waals surface area contributed by atoms with E-state index in [1.54, 1.807) is 0 Å². The van der Waals surface area contributed by atoms with E-state index in [9.17, 15) is 0 Å². The Morgan fingerprint density at radius 2 is 2.67 bits per heavy atom. The molecule has 3 nitrogen and oxygen atoms in total. The van der Waals surface area contributed by atoms with E-state index in [0.717, 1.165) is 0 Å². The van der Waals surface area contributed by atoms with Gasteiger partial charge in [0.15, 0.2) is 0 Å². The van der Waals surface area contributed by atoms with Gasteiger partial charge in [-0.15, -0.1) is 0 Å². The number of nitrogens with zero attached hydrogens (tertiary/aromatic N) is 1. The van der Waals surface area contributed by atoms with Crippen molar-refractivity contribution >= 4 is 0 Å². The van der Waals surface area contributed by atoms with Gasteiger partial charge >= 0.3 is 0 Å². The van der Waals surface area contributed by atoms with Gasteiger partial charge in [-0.05, 0) is 0 Å². The maximum atomic E-state index is 8.33. The van der Waals surface area contributed by atoms with Crippen molar-refractivity contribution < 1.29 is 5.11 Å². The van der Waals surface area contributed by atoms with Crippen molar-refractivity contribution in [3.8, 4) is 5.88 Å². The molecular formula is C3H4N2O. The normalized spacial score (nSPS) is 8.67. The van der Waals surface area contributed by atoms with E-state index in [1.165, 1.54) is 12.5 Å². The fourth-order valence-electron chi connectivity index (χ4n) is 0.252. The predicted molar refractivity (Wildman–Crippen MR) is 20.3 cm³/mol. The smallest absolute Gasteiger partial charge is 0.228 e. The van der Waals surface area contributed by atoms with E-state index < -0.39 is 0 Å². The summed E-state index contributed by atoms with van der Waals surface area (Å²) >= 11 is 0.